The number of carboxylic acids is 1. The molecule has 0 aliphatic carbocycles. The number of carboxylic acid groups (broad SMARTS) is 1. The van der Waals surface area contributed by atoms with E-state index in [1.54, 1.807) is 11.8 Å². The highest BCUT2D eigenvalue weighted by molar-refractivity contribution is 8.01. The normalized spacial score (nSPS) is 32.3. The van der Waals surface area contributed by atoms with Gasteiger partial charge in [0.2, 0.25) is 5.91 Å². The fraction of sp³-hybridized carbons (Fsp3) is 0.818. The highest BCUT2D eigenvalue weighted by Crippen LogP contribution is 2.50. The van der Waals surface area contributed by atoms with Gasteiger partial charge in [0.25, 0.3) is 0 Å². The molecule has 3 fully saturated rings. The Bertz CT molecular complexity index is 351. The first-order valence-corrected chi connectivity index (χ1v) is 7.97. The van der Waals surface area contributed by atoms with Gasteiger partial charge in [-0.25, -0.2) is 4.79 Å². The summed E-state index contributed by atoms with van der Waals surface area (Å²) < 4.78 is -0.358. The molecule has 0 unspecified atom stereocenters. The fourth-order valence-corrected chi connectivity index (χ4v) is 4.68. The number of hydrogen-bond acceptors (Lipinski definition) is 5. The number of rotatable bonds is 1. The minimum Gasteiger partial charge on any atom is -0.480 e. The van der Waals surface area contributed by atoms with Crippen molar-refractivity contribution >= 4 is 35.4 Å². The third-order valence-electron chi connectivity index (χ3n) is 3.19. The minimum absolute atomic E-state index is 0.0320. The standard InChI is InChI=1S/C8H11NO3S.C3H7NS/c1-8(2)6(7(11)12)9-4(10)3-5(9)13-8;1-2-5-3-4-1/h5-6H,3H2,1-2H3,(H,11,12);4H,1-3H2/t5-,6+;/m1./s1. The maximum absolute atomic E-state index is 11.2. The summed E-state index contributed by atoms with van der Waals surface area (Å²) >= 11 is 3.54. The van der Waals surface area contributed by atoms with Gasteiger partial charge in [0.05, 0.1) is 11.8 Å². The van der Waals surface area contributed by atoms with E-state index < -0.39 is 12.0 Å². The van der Waals surface area contributed by atoms with Gasteiger partial charge < -0.3 is 15.3 Å². The molecule has 3 saturated heterocycles. The second-order valence-corrected chi connectivity index (χ2v) is 7.91. The lowest BCUT2D eigenvalue weighted by Gasteiger charge is -2.36. The highest BCUT2D eigenvalue weighted by atomic mass is 32.2. The van der Waals surface area contributed by atoms with Crippen LogP contribution in [-0.2, 0) is 9.59 Å². The molecule has 3 rings (SSSR count). The summed E-state index contributed by atoms with van der Waals surface area (Å²) in [6.07, 6.45) is 0.498. The van der Waals surface area contributed by atoms with Crippen LogP contribution in [0.1, 0.15) is 20.3 Å². The Morgan fingerprint density at radius 3 is 2.61 bits per heavy atom. The molecule has 0 bridgehead atoms. The predicted octanol–water partition coefficient (Wildman–Crippen LogP) is 0.804. The van der Waals surface area contributed by atoms with Crippen LogP contribution < -0.4 is 5.32 Å². The summed E-state index contributed by atoms with van der Waals surface area (Å²) in [5, 5.41) is 12.3. The van der Waals surface area contributed by atoms with E-state index >= 15 is 0 Å². The SMILES string of the molecule is C1CSCN1.CC1(C)S[C@@H]2CC(=O)N2[C@H]1C(=O)O. The number of amides is 1. The van der Waals surface area contributed by atoms with E-state index in [-0.39, 0.29) is 16.0 Å². The van der Waals surface area contributed by atoms with Crippen molar-refractivity contribution in [1.82, 2.24) is 10.2 Å². The zero-order valence-electron chi connectivity index (χ0n) is 10.5. The van der Waals surface area contributed by atoms with Gasteiger partial charge in [0, 0.05) is 22.9 Å². The molecule has 18 heavy (non-hydrogen) atoms. The molecule has 102 valence electrons. The molecular formula is C11H18N2O3S2. The summed E-state index contributed by atoms with van der Waals surface area (Å²) in [5.41, 5.74) is 0. The quantitative estimate of drug-likeness (QED) is 0.696. The minimum atomic E-state index is -0.895. The number of carbonyl (C=O) groups excluding carboxylic acids is 1. The topological polar surface area (TPSA) is 69.6 Å². The van der Waals surface area contributed by atoms with Crippen LogP contribution >= 0.6 is 23.5 Å². The first-order valence-electron chi connectivity index (χ1n) is 5.94. The van der Waals surface area contributed by atoms with E-state index in [2.05, 4.69) is 5.32 Å². The van der Waals surface area contributed by atoms with Crippen LogP contribution in [0.4, 0.5) is 0 Å². The Morgan fingerprint density at radius 1 is 1.56 bits per heavy atom. The Kier molecular flexibility index (Phi) is 4.13. The molecule has 3 heterocycles. The lowest BCUT2D eigenvalue weighted by Crippen LogP contribution is -2.56. The van der Waals surface area contributed by atoms with Crippen LogP contribution in [0, 0.1) is 0 Å². The number of aliphatic carboxylic acids is 1. The maximum Gasteiger partial charge on any atom is 0.327 e. The van der Waals surface area contributed by atoms with Crippen LogP contribution in [0.15, 0.2) is 0 Å². The van der Waals surface area contributed by atoms with Gasteiger partial charge in [-0.1, -0.05) is 0 Å². The van der Waals surface area contributed by atoms with Gasteiger partial charge in [-0.3, -0.25) is 4.79 Å². The lowest BCUT2D eigenvalue weighted by molar-refractivity contribution is -0.157. The summed E-state index contributed by atoms with van der Waals surface area (Å²) in [7, 11) is 0. The zero-order chi connectivity index (χ0) is 13.3. The Balaban J connectivity index is 0.000000202. The van der Waals surface area contributed by atoms with Crippen molar-refractivity contribution in [3.05, 3.63) is 0 Å². The fourth-order valence-electron chi connectivity index (χ4n) is 2.34. The first-order chi connectivity index (χ1) is 8.43. The van der Waals surface area contributed by atoms with Gasteiger partial charge in [-0.05, 0) is 13.8 Å². The summed E-state index contributed by atoms with van der Waals surface area (Å²) in [4.78, 5) is 23.6. The molecule has 2 atom stereocenters. The Hall–Kier alpha value is -0.400. The van der Waals surface area contributed by atoms with Crippen LogP contribution in [0.2, 0.25) is 0 Å². The molecule has 0 aromatic heterocycles. The molecular weight excluding hydrogens is 272 g/mol. The van der Waals surface area contributed by atoms with Crippen LogP contribution in [0.25, 0.3) is 0 Å². The Labute approximate surface area is 115 Å². The average molecular weight is 290 g/mol. The molecule has 0 spiro atoms. The molecule has 3 aliphatic heterocycles. The largest absolute Gasteiger partial charge is 0.480 e. The predicted molar refractivity (Wildman–Crippen MR) is 73.7 cm³/mol. The molecule has 7 heteroatoms. The van der Waals surface area contributed by atoms with E-state index in [0.29, 0.717) is 6.42 Å². The molecule has 3 aliphatic rings. The van der Waals surface area contributed by atoms with Crippen molar-refractivity contribution in [3.63, 3.8) is 0 Å². The molecule has 2 N–H and O–H groups in total. The van der Waals surface area contributed by atoms with Crippen LogP contribution in [-0.4, -0.2) is 56.2 Å². The third kappa shape index (κ3) is 2.62. The molecule has 0 aromatic carbocycles. The van der Waals surface area contributed by atoms with Crippen molar-refractivity contribution in [3.8, 4) is 0 Å². The summed E-state index contributed by atoms with van der Waals surface area (Å²) in [6.45, 7) is 4.97. The smallest absolute Gasteiger partial charge is 0.327 e. The first kappa shape index (κ1) is 14.0. The second kappa shape index (κ2) is 5.30. The number of fused-ring (bicyclic) bond motifs is 1. The molecule has 0 radical (unpaired) electrons. The van der Waals surface area contributed by atoms with E-state index in [1.165, 1.54) is 23.1 Å². The summed E-state index contributed by atoms with van der Waals surface area (Å²) in [5.74, 6) is 1.54. The van der Waals surface area contributed by atoms with Crippen LogP contribution in [0.3, 0.4) is 0 Å². The van der Waals surface area contributed by atoms with Gasteiger partial charge in [-0.2, -0.15) is 0 Å². The van der Waals surface area contributed by atoms with Gasteiger partial charge in [0.15, 0.2) is 0 Å². The summed E-state index contributed by atoms with van der Waals surface area (Å²) in [6, 6.07) is -0.649. The second-order valence-electron chi connectivity index (χ2n) is 4.97. The third-order valence-corrected chi connectivity index (χ3v) is 5.58. The van der Waals surface area contributed by atoms with Crippen molar-refractivity contribution < 1.29 is 14.7 Å². The zero-order valence-corrected chi connectivity index (χ0v) is 12.1. The Morgan fingerprint density at radius 2 is 2.28 bits per heavy atom. The van der Waals surface area contributed by atoms with E-state index in [0.717, 1.165) is 0 Å². The van der Waals surface area contributed by atoms with E-state index in [1.807, 2.05) is 25.6 Å². The number of nitrogens with one attached hydrogen (secondary N) is 1. The number of thioether (sulfide) groups is 2. The highest BCUT2D eigenvalue weighted by Gasteiger charge is 2.58. The van der Waals surface area contributed by atoms with Crippen molar-refractivity contribution in [2.75, 3.05) is 18.2 Å². The van der Waals surface area contributed by atoms with Gasteiger partial charge in [0.1, 0.15) is 6.04 Å². The monoisotopic (exact) mass is 290 g/mol. The number of β-lactam (4-membered cyclic amide) rings is 1. The van der Waals surface area contributed by atoms with Crippen molar-refractivity contribution in [2.24, 2.45) is 0 Å². The van der Waals surface area contributed by atoms with Gasteiger partial charge >= 0.3 is 5.97 Å². The van der Waals surface area contributed by atoms with Crippen molar-refractivity contribution in [1.29, 1.82) is 0 Å². The maximum atomic E-state index is 11.2. The van der Waals surface area contributed by atoms with E-state index in [4.69, 9.17) is 5.11 Å². The number of carbonyl (C=O) groups is 2. The number of hydrogen-bond donors (Lipinski definition) is 2. The average Bonchev–Trinajstić information content (AvgIpc) is 2.87. The lowest BCUT2D eigenvalue weighted by atomic mass is 9.98. The molecule has 0 saturated carbocycles. The van der Waals surface area contributed by atoms with Crippen LogP contribution in [0.5, 0.6) is 0 Å². The molecule has 1 amide bonds. The van der Waals surface area contributed by atoms with Crippen molar-refractivity contribution in [2.45, 2.75) is 36.4 Å². The molecule has 0 aromatic rings. The van der Waals surface area contributed by atoms with Gasteiger partial charge in [-0.15, -0.1) is 23.5 Å². The molecule has 5 nitrogen and oxygen atoms in total. The van der Waals surface area contributed by atoms with E-state index in [9.17, 15) is 9.59 Å². The number of nitrogens with zero attached hydrogens (tertiary/aromatic N) is 1.